The van der Waals surface area contributed by atoms with Crippen LogP contribution in [0.4, 0.5) is 0 Å². The summed E-state index contributed by atoms with van der Waals surface area (Å²) >= 11 is 0. The molecule has 0 N–H and O–H groups in total. The molecule has 7 heteroatoms. The molecule has 0 saturated carbocycles. The van der Waals surface area contributed by atoms with Crippen LogP contribution in [-0.4, -0.2) is 53.7 Å². The highest BCUT2D eigenvalue weighted by Gasteiger charge is 2.32. The summed E-state index contributed by atoms with van der Waals surface area (Å²) in [6, 6.07) is 14.5. The van der Waals surface area contributed by atoms with E-state index in [1.165, 1.54) is 4.90 Å². The fourth-order valence-corrected chi connectivity index (χ4v) is 3.04. The Bertz CT molecular complexity index is 952. The molecule has 29 heavy (non-hydrogen) atoms. The maximum Gasteiger partial charge on any atom is 0.326 e. The molecule has 2 aromatic rings. The summed E-state index contributed by atoms with van der Waals surface area (Å²) in [5, 5.41) is 0. The Morgan fingerprint density at radius 3 is 2.48 bits per heavy atom. The van der Waals surface area contributed by atoms with Crippen molar-refractivity contribution < 1.29 is 23.9 Å². The molecule has 0 unspecified atom stereocenters. The van der Waals surface area contributed by atoms with Crippen LogP contribution in [0.15, 0.2) is 48.5 Å². The van der Waals surface area contributed by atoms with Gasteiger partial charge in [-0.3, -0.25) is 24.1 Å². The van der Waals surface area contributed by atoms with E-state index in [2.05, 4.69) is 0 Å². The molecule has 2 aromatic carbocycles. The molecular weight excluding hydrogens is 372 g/mol. The van der Waals surface area contributed by atoms with E-state index >= 15 is 0 Å². The Kier molecular flexibility index (Phi) is 6.07. The topological polar surface area (TPSA) is 84.0 Å². The Morgan fingerprint density at radius 1 is 1.07 bits per heavy atom. The number of likely N-dealkylation sites (N-methyl/N-ethyl adjacent to an activating group) is 1. The van der Waals surface area contributed by atoms with Crippen molar-refractivity contribution in [2.75, 3.05) is 20.2 Å². The molecule has 0 saturated heterocycles. The van der Waals surface area contributed by atoms with E-state index in [4.69, 9.17) is 4.74 Å². The lowest BCUT2D eigenvalue weighted by Gasteiger charge is -2.26. The van der Waals surface area contributed by atoms with E-state index in [1.54, 1.807) is 31.3 Å². The maximum absolute atomic E-state index is 12.5. The van der Waals surface area contributed by atoms with Crippen LogP contribution in [0, 0.1) is 6.92 Å². The van der Waals surface area contributed by atoms with Crippen LogP contribution in [0.25, 0.3) is 0 Å². The number of fused-ring (bicyclic) bond motifs is 1. The molecule has 0 atom stereocenters. The molecule has 0 spiro atoms. The first-order valence-electron chi connectivity index (χ1n) is 9.23. The van der Waals surface area contributed by atoms with E-state index in [9.17, 15) is 19.2 Å². The number of imide groups is 1. The minimum absolute atomic E-state index is 0.0490. The summed E-state index contributed by atoms with van der Waals surface area (Å²) in [5.74, 6) is -2.17. The predicted molar refractivity (Wildman–Crippen MR) is 105 cm³/mol. The average molecular weight is 394 g/mol. The van der Waals surface area contributed by atoms with Gasteiger partial charge < -0.3 is 9.64 Å². The molecule has 0 aromatic heterocycles. The van der Waals surface area contributed by atoms with E-state index in [0.717, 1.165) is 16.0 Å². The number of amides is 3. The van der Waals surface area contributed by atoms with E-state index < -0.39 is 30.9 Å². The van der Waals surface area contributed by atoms with Crippen molar-refractivity contribution >= 4 is 23.7 Å². The van der Waals surface area contributed by atoms with Crippen molar-refractivity contribution in [2.45, 2.75) is 19.9 Å². The van der Waals surface area contributed by atoms with Gasteiger partial charge in [-0.1, -0.05) is 48.0 Å². The van der Waals surface area contributed by atoms with Crippen LogP contribution < -0.4 is 0 Å². The zero-order valence-electron chi connectivity index (χ0n) is 16.4. The van der Waals surface area contributed by atoms with Gasteiger partial charge in [-0.25, -0.2) is 0 Å². The number of rotatable bonds is 6. The van der Waals surface area contributed by atoms with Crippen LogP contribution in [0.3, 0.4) is 0 Å². The number of nitrogens with zero attached hydrogens (tertiary/aromatic N) is 2. The Hall–Kier alpha value is -3.48. The zero-order chi connectivity index (χ0) is 21.0. The Balaban J connectivity index is 1.51. The quantitative estimate of drug-likeness (QED) is 0.550. The van der Waals surface area contributed by atoms with Crippen molar-refractivity contribution in [3.05, 3.63) is 70.8 Å². The molecule has 1 aliphatic heterocycles. The van der Waals surface area contributed by atoms with Crippen molar-refractivity contribution in [2.24, 2.45) is 0 Å². The molecular formula is C22H22N2O5. The fraction of sp³-hybridized carbons (Fsp3) is 0.273. The first kappa shape index (κ1) is 20.3. The minimum Gasteiger partial charge on any atom is -0.454 e. The molecule has 0 radical (unpaired) electrons. The highest BCUT2D eigenvalue weighted by Crippen LogP contribution is 2.19. The summed E-state index contributed by atoms with van der Waals surface area (Å²) in [7, 11) is 1.62. The Labute approximate surface area is 168 Å². The monoisotopic (exact) mass is 394 g/mol. The third-order valence-corrected chi connectivity index (χ3v) is 4.75. The third kappa shape index (κ3) is 4.87. The molecule has 1 aliphatic rings. The van der Waals surface area contributed by atoms with Crippen molar-refractivity contribution in [3.8, 4) is 0 Å². The SMILES string of the molecule is Cc1ccc(CN(C)C(=O)COC(=O)CN2C(=O)Cc3ccccc3C2=O)cc1. The van der Waals surface area contributed by atoms with Gasteiger partial charge in [-0.05, 0) is 24.1 Å². The number of ether oxygens (including phenoxy) is 1. The van der Waals surface area contributed by atoms with Crippen molar-refractivity contribution in [1.82, 2.24) is 9.80 Å². The predicted octanol–water partition coefficient (Wildman–Crippen LogP) is 1.72. The second kappa shape index (κ2) is 8.68. The molecule has 7 nitrogen and oxygen atoms in total. The van der Waals surface area contributed by atoms with Gasteiger partial charge in [0.05, 0.1) is 6.42 Å². The third-order valence-electron chi connectivity index (χ3n) is 4.75. The number of benzene rings is 2. The van der Waals surface area contributed by atoms with Gasteiger partial charge in [-0.2, -0.15) is 0 Å². The van der Waals surface area contributed by atoms with Gasteiger partial charge in [-0.15, -0.1) is 0 Å². The normalized spacial score (nSPS) is 13.1. The number of esters is 1. The van der Waals surface area contributed by atoms with Crippen molar-refractivity contribution in [1.29, 1.82) is 0 Å². The van der Waals surface area contributed by atoms with Crippen molar-refractivity contribution in [3.63, 3.8) is 0 Å². The van der Waals surface area contributed by atoms with Gasteiger partial charge >= 0.3 is 5.97 Å². The van der Waals surface area contributed by atoms with Gasteiger partial charge in [0.2, 0.25) is 5.91 Å². The zero-order valence-corrected chi connectivity index (χ0v) is 16.4. The molecule has 3 rings (SSSR count). The highest BCUT2D eigenvalue weighted by molar-refractivity contribution is 6.11. The smallest absolute Gasteiger partial charge is 0.326 e. The number of carbonyl (C=O) groups is 4. The maximum atomic E-state index is 12.5. The van der Waals surface area contributed by atoms with Gasteiger partial charge in [0.25, 0.3) is 11.8 Å². The van der Waals surface area contributed by atoms with E-state index in [-0.39, 0.29) is 12.3 Å². The lowest BCUT2D eigenvalue weighted by atomic mass is 9.98. The summed E-state index contributed by atoms with van der Waals surface area (Å²) in [6.07, 6.45) is 0.0490. The van der Waals surface area contributed by atoms with Crippen LogP contribution >= 0.6 is 0 Å². The minimum atomic E-state index is -0.803. The number of carbonyl (C=O) groups excluding carboxylic acids is 4. The summed E-state index contributed by atoms with van der Waals surface area (Å²) < 4.78 is 4.99. The molecule has 0 fully saturated rings. The summed E-state index contributed by atoms with van der Waals surface area (Å²) in [5.41, 5.74) is 3.12. The van der Waals surface area contributed by atoms with Gasteiger partial charge in [0.15, 0.2) is 6.61 Å². The average Bonchev–Trinajstić information content (AvgIpc) is 2.71. The summed E-state index contributed by atoms with van der Waals surface area (Å²) in [6.45, 7) is 1.40. The van der Waals surface area contributed by atoms with Crippen LogP contribution in [-0.2, 0) is 32.1 Å². The number of hydrogen-bond donors (Lipinski definition) is 0. The standard InChI is InChI=1S/C22H22N2O5/c1-15-7-9-16(10-8-15)12-23(2)20(26)14-29-21(27)13-24-19(25)11-17-5-3-4-6-18(17)22(24)28/h3-10H,11-14H2,1-2H3. The van der Waals surface area contributed by atoms with E-state index in [1.807, 2.05) is 31.2 Å². The van der Waals surface area contributed by atoms with Gasteiger partial charge in [0, 0.05) is 19.2 Å². The summed E-state index contributed by atoms with van der Waals surface area (Å²) in [4.78, 5) is 51.3. The second-order valence-electron chi connectivity index (χ2n) is 7.02. The highest BCUT2D eigenvalue weighted by atomic mass is 16.5. The van der Waals surface area contributed by atoms with Crippen LogP contribution in [0.2, 0.25) is 0 Å². The first-order chi connectivity index (χ1) is 13.8. The lowest BCUT2D eigenvalue weighted by molar-refractivity contribution is -0.153. The van der Waals surface area contributed by atoms with Crippen LogP contribution in [0.5, 0.6) is 0 Å². The van der Waals surface area contributed by atoms with Gasteiger partial charge in [0.1, 0.15) is 6.54 Å². The molecule has 3 amide bonds. The number of hydrogen-bond acceptors (Lipinski definition) is 5. The lowest BCUT2D eigenvalue weighted by Crippen LogP contribution is -2.45. The first-order valence-corrected chi connectivity index (χ1v) is 9.23. The molecule has 150 valence electrons. The second-order valence-corrected chi connectivity index (χ2v) is 7.02. The fourth-order valence-electron chi connectivity index (χ4n) is 3.04. The molecule has 1 heterocycles. The van der Waals surface area contributed by atoms with Crippen LogP contribution in [0.1, 0.15) is 27.0 Å². The molecule has 0 bridgehead atoms. The molecule has 0 aliphatic carbocycles. The Morgan fingerprint density at radius 2 is 1.76 bits per heavy atom. The van der Waals surface area contributed by atoms with E-state index in [0.29, 0.717) is 17.7 Å². The number of aryl methyl sites for hydroxylation is 1. The largest absolute Gasteiger partial charge is 0.454 e.